The van der Waals surface area contributed by atoms with Crippen molar-refractivity contribution < 1.29 is 4.48 Å². The predicted octanol–water partition coefficient (Wildman–Crippen LogP) is 3.05. The van der Waals surface area contributed by atoms with Crippen LogP contribution in [-0.4, -0.2) is 29.2 Å². The summed E-state index contributed by atoms with van der Waals surface area (Å²) < 4.78 is 1.25. The molecule has 1 aliphatic heterocycles. The van der Waals surface area contributed by atoms with Gasteiger partial charge in [0.05, 0.1) is 25.0 Å². The van der Waals surface area contributed by atoms with E-state index in [2.05, 4.69) is 48.6 Å². The van der Waals surface area contributed by atoms with Crippen LogP contribution in [0.3, 0.4) is 0 Å². The Morgan fingerprint density at radius 2 is 1.77 bits per heavy atom. The zero-order chi connectivity index (χ0) is 10.4. The van der Waals surface area contributed by atoms with Crippen LogP contribution in [-0.2, 0) is 0 Å². The van der Waals surface area contributed by atoms with Crippen molar-refractivity contribution in [3.8, 4) is 0 Å². The van der Waals surface area contributed by atoms with Crippen molar-refractivity contribution in [2.45, 2.75) is 65.6 Å². The molecule has 78 valence electrons. The number of rotatable bonds is 2. The van der Waals surface area contributed by atoms with Crippen molar-refractivity contribution in [3.05, 3.63) is 0 Å². The molecule has 0 aliphatic carbocycles. The highest BCUT2D eigenvalue weighted by atomic mass is 15.5. The van der Waals surface area contributed by atoms with Gasteiger partial charge >= 0.3 is 0 Å². The van der Waals surface area contributed by atoms with Crippen molar-refractivity contribution in [2.75, 3.05) is 7.05 Å². The van der Waals surface area contributed by atoms with Gasteiger partial charge in [-0.1, -0.05) is 13.8 Å². The van der Waals surface area contributed by atoms with Crippen LogP contribution in [0.2, 0.25) is 0 Å². The number of hydrogen-bond acceptors (Lipinski definition) is 0. The molecule has 4 unspecified atom stereocenters. The van der Waals surface area contributed by atoms with Crippen molar-refractivity contribution in [3.63, 3.8) is 0 Å². The van der Waals surface area contributed by atoms with Gasteiger partial charge in [-0.25, -0.2) is 0 Å². The molecule has 0 aromatic heterocycles. The van der Waals surface area contributed by atoms with E-state index in [9.17, 15) is 0 Å². The van der Waals surface area contributed by atoms with E-state index in [0.29, 0.717) is 5.54 Å². The first kappa shape index (κ1) is 11.0. The molecule has 1 rings (SSSR count). The summed E-state index contributed by atoms with van der Waals surface area (Å²) in [6.45, 7) is 14.3. The summed E-state index contributed by atoms with van der Waals surface area (Å²) in [5, 5.41) is 0. The monoisotopic (exact) mass is 184 g/mol. The molecule has 0 radical (unpaired) electrons. The fourth-order valence-corrected chi connectivity index (χ4v) is 3.53. The van der Waals surface area contributed by atoms with Crippen molar-refractivity contribution in [1.82, 2.24) is 0 Å². The van der Waals surface area contributed by atoms with Gasteiger partial charge in [-0.05, 0) is 34.1 Å². The quantitative estimate of drug-likeness (QED) is 0.579. The zero-order valence-corrected chi connectivity index (χ0v) is 10.4. The largest absolute Gasteiger partial charge is 0.316 e. The lowest BCUT2D eigenvalue weighted by molar-refractivity contribution is -1.05. The predicted molar refractivity (Wildman–Crippen MR) is 58.6 cm³/mol. The minimum atomic E-state index is 0.508. The highest BCUT2D eigenvalue weighted by molar-refractivity contribution is 4.95. The maximum Gasteiger partial charge on any atom is 0.105 e. The molecule has 0 bridgehead atoms. The van der Waals surface area contributed by atoms with E-state index >= 15 is 0 Å². The Hall–Kier alpha value is -0.0400. The summed E-state index contributed by atoms with van der Waals surface area (Å²) in [4.78, 5) is 0. The molecule has 0 spiro atoms. The maximum absolute atomic E-state index is 2.46. The molecule has 1 aliphatic rings. The average molecular weight is 184 g/mol. The third kappa shape index (κ3) is 1.03. The highest BCUT2D eigenvalue weighted by Gasteiger charge is 2.64. The van der Waals surface area contributed by atoms with Crippen molar-refractivity contribution >= 4 is 0 Å². The van der Waals surface area contributed by atoms with E-state index in [4.69, 9.17) is 0 Å². The van der Waals surface area contributed by atoms with Crippen LogP contribution in [0.1, 0.15) is 48.0 Å². The van der Waals surface area contributed by atoms with Crippen LogP contribution >= 0.6 is 0 Å². The summed E-state index contributed by atoms with van der Waals surface area (Å²) in [6.07, 6.45) is 1.30. The number of nitrogens with zero attached hydrogens (tertiary/aromatic N) is 1. The summed E-state index contributed by atoms with van der Waals surface area (Å²) in [6, 6.07) is 1.57. The van der Waals surface area contributed by atoms with Gasteiger partial charge in [0, 0.05) is 0 Å². The van der Waals surface area contributed by atoms with Crippen LogP contribution in [0.4, 0.5) is 0 Å². The zero-order valence-electron chi connectivity index (χ0n) is 10.4. The van der Waals surface area contributed by atoms with E-state index in [-0.39, 0.29) is 0 Å². The molecule has 1 heteroatoms. The molecule has 1 saturated heterocycles. The molecule has 0 saturated carbocycles. The van der Waals surface area contributed by atoms with Crippen LogP contribution in [0.25, 0.3) is 0 Å². The molecule has 0 aromatic carbocycles. The van der Waals surface area contributed by atoms with Crippen molar-refractivity contribution in [1.29, 1.82) is 0 Å². The van der Waals surface area contributed by atoms with Gasteiger partial charge in [0.25, 0.3) is 0 Å². The van der Waals surface area contributed by atoms with Crippen LogP contribution < -0.4 is 0 Å². The molecule has 4 atom stereocenters. The minimum absolute atomic E-state index is 0.508. The smallest absolute Gasteiger partial charge is 0.105 e. The second-order valence-electron chi connectivity index (χ2n) is 5.48. The fraction of sp³-hybridized carbons (Fsp3) is 1.00. The average Bonchev–Trinajstić information content (AvgIpc) is 2.12. The van der Waals surface area contributed by atoms with E-state index in [1.165, 1.54) is 10.9 Å². The van der Waals surface area contributed by atoms with E-state index < -0.39 is 0 Å². The Labute approximate surface area is 83.7 Å². The maximum atomic E-state index is 2.46. The molecular formula is C12H26N+. The fourth-order valence-electron chi connectivity index (χ4n) is 3.53. The topological polar surface area (TPSA) is 0 Å². The number of quaternary nitrogens is 1. The molecule has 1 heterocycles. The summed E-state index contributed by atoms with van der Waals surface area (Å²) >= 11 is 0. The first-order valence-corrected chi connectivity index (χ1v) is 5.68. The van der Waals surface area contributed by atoms with Crippen molar-refractivity contribution in [2.24, 2.45) is 5.92 Å². The Morgan fingerprint density at radius 1 is 1.31 bits per heavy atom. The Bertz CT molecular complexity index is 199. The lowest BCUT2D eigenvalue weighted by atomic mass is 9.65. The molecule has 0 aromatic rings. The molecule has 0 amide bonds. The number of likely N-dealkylation sites (tertiary alicyclic amines) is 1. The van der Waals surface area contributed by atoms with E-state index in [1.807, 2.05) is 0 Å². The van der Waals surface area contributed by atoms with Gasteiger partial charge in [-0.3, -0.25) is 0 Å². The van der Waals surface area contributed by atoms with E-state index in [0.717, 1.165) is 18.0 Å². The van der Waals surface area contributed by atoms with Crippen LogP contribution in [0, 0.1) is 5.92 Å². The van der Waals surface area contributed by atoms with Gasteiger partial charge in [0.15, 0.2) is 0 Å². The standard InChI is InChI=1S/C12H26N/c1-8-12(6)10(4)11(5)13(12,7)9(2)3/h9-11H,8H2,1-7H3/q+1. The highest BCUT2D eigenvalue weighted by Crippen LogP contribution is 2.51. The molecule has 13 heavy (non-hydrogen) atoms. The minimum Gasteiger partial charge on any atom is -0.316 e. The van der Waals surface area contributed by atoms with Gasteiger partial charge in [0.2, 0.25) is 0 Å². The molecule has 0 N–H and O–H groups in total. The molecular weight excluding hydrogens is 158 g/mol. The van der Waals surface area contributed by atoms with Gasteiger partial charge < -0.3 is 4.48 Å². The summed E-state index contributed by atoms with van der Waals surface area (Å²) in [5.41, 5.74) is 0.508. The van der Waals surface area contributed by atoms with Gasteiger partial charge in [-0.2, -0.15) is 0 Å². The summed E-state index contributed by atoms with van der Waals surface area (Å²) in [5.74, 6) is 0.866. The lowest BCUT2D eigenvalue weighted by Crippen LogP contribution is -2.82. The van der Waals surface area contributed by atoms with E-state index in [1.54, 1.807) is 0 Å². The number of hydrogen-bond donors (Lipinski definition) is 0. The Morgan fingerprint density at radius 3 is 2.00 bits per heavy atom. The first-order valence-electron chi connectivity index (χ1n) is 5.68. The third-order valence-corrected chi connectivity index (χ3v) is 5.44. The second-order valence-corrected chi connectivity index (χ2v) is 5.48. The molecule has 1 fully saturated rings. The lowest BCUT2D eigenvalue weighted by Gasteiger charge is -2.68. The second kappa shape index (κ2) is 2.98. The first-order chi connectivity index (χ1) is 5.82. The van der Waals surface area contributed by atoms with Crippen LogP contribution in [0.5, 0.6) is 0 Å². The van der Waals surface area contributed by atoms with Gasteiger partial charge in [0.1, 0.15) is 5.54 Å². The normalized spacial score (nSPS) is 50.8. The van der Waals surface area contributed by atoms with Crippen LogP contribution in [0.15, 0.2) is 0 Å². The Kier molecular flexibility index (Phi) is 2.53. The molecule has 1 nitrogen and oxygen atoms in total. The summed E-state index contributed by atoms with van der Waals surface area (Å²) in [7, 11) is 2.43. The third-order valence-electron chi connectivity index (χ3n) is 5.44. The Balaban J connectivity index is 2.98. The SMILES string of the molecule is CCC1(C)C(C)C(C)[N+]1(C)C(C)C. The van der Waals surface area contributed by atoms with Gasteiger partial charge in [-0.15, -0.1) is 0 Å².